The van der Waals surface area contributed by atoms with Crippen molar-refractivity contribution in [3.05, 3.63) is 60.0 Å². The first-order valence-electron chi connectivity index (χ1n) is 7.43. The van der Waals surface area contributed by atoms with Gasteiger partial charge in [-0.1, -0.05) is 31.2 Å². The van der Waals surface area contributed by atoms with Crippen molar-refractivity contribution >= 4 is 10.9 Å². The highest BCUT2D eigenvalue weighted by molar-refractivity contribution is 5.78. The van der Waals surface area contributed by atoms with Crippen molar-refractivity contribution in [3.63, 3.8) is 0 Å². The second-order valence-electron chi connectivity index (χ2n) is 5.16. The number of pyridine rings is 1. The molecule has 0 saturated carbocycles. The summed E-state index contributed by atoms with van der Waals surface area (Å²) in [5.41, 5.74) is 3.27. The highest BCUT2D eigenvalue weighted by Crippen LogP contribution is 2.14. The van der Waals surface area contributed by atoms with Crippen molar-refractivity contribution in [2.75, 3.05) is 6.54 Å². The topological polar surface area (TPSA) is 42.7 Å². The van der Waals surface area contributed by atoms with E-state index in [2.05, 4.69) is 47.7 Å². The molecule has 3 aromatic rings. The predicted octanol–water partition coefficient (Wildman–Crippen LogP) is 2.98. The Kier molecular flexibility index (Phi) is 4.26. The molecule has 0 amide bonds. The molecule has 3 rings (SSSR count). The number of nitrogens with one attached hydrogen (secondary N) is 1. The van der Waals surface area contributed by atoms with Gasteiger partial charge in [0.15, 0.2) is 0 Å². The number of rotatable bonds is 6. The summed E-state index contributed by atoms with van der Waals surface area (Å²) in [5.74, 6) is 0. The van der Waals surface area contributed by atoms with E-state index in [-0.39, 0.29) is 0 Å². The molecule has 0 aliphatic heterocycles. The van der Waals surface area contributed by atoms with Crippen LogP contribution < -0.4 is 5.32 Å². The van der Waals surface area contributed by atoms with Crippen LogP contribution in [0.15, 0.2) is 48.7 Å². The molecule has 0 radical (unpaired) electrons. The Morgan fingerprint density at radius 2 is 1.90 bits per heavy atom. The maximum absolute atomic E-state index is 4.70. The maximum atomic E-state index is 4.70. The first kappa shape index (κ1) is 13.8. The Morgan fingerprint density at radius 1 is 1.05 bits per heavy atom. The third kappa shape index (κ3) is 3.28. The zero-order valence-corrected chi connectivity index (χ0v) is 12.3. The van der Waals surface area contributed by atoms with Crippen LogP contribution in [0.3, 0.4) is 0 Å². The van der Waals surface area contributed by atoms with E-state index >= 15 is 0 Å². The average molecular weight is 280 g/mol. The summed E-state index contributed by atoms with van der Waals surface area (Å²) < 4.78 is 2.00. The van der Waals surface area contributed by atoms with Crippen LogP contribution in [0.1, 0.15) is 24.7 Å². The van der Waals surface area contributed by atoms with Gasteiger partial charge in [-0.3, -0.25) is 9.67 Å². The number of hydrogen-bond donors (Lipinski definition) is 1. The fourth-order valence-corrected chi connectivity index (χ4v) is 2.41. The molecule has 0 aliphatic carbocycles. The zero-order valence-electron chi connectivity index (χ0n) is 12.3. The van der Waals surface area contributed by atoms with E-state index in [1.807, 2.05) is 23.0 Å². The van der Waals surface area contributed by atoms with Crippen LogP contribution in [0.5, 0.6) is 0 Å². The molecular weight excluding hydrogens is 260 g/mol. The standard InChI is InChI=1S/C17H20N4/c1-2-10-18-12-15-7-5-8-16(20-15)13-21-17-9-4-3-6-14(17)11-19-21/h3-9,11,18H,2,10,12-13H2,1H3. The Hall–Kier alpha value is -2.20. The van der Waals surface area contributed by atoms with Gasteiger partial charge in [0.1, 0.15) is 0 Å². The smallest absolute Gasteiger partial charge is 0.0838 e. The first-order valence-corrected chi connectivity index (χ1v) is 7.43. The lowest BCUT2D eigenvalue weighted by Gasteiger charge is -2.07. The second kappa shape index (κ2) is 6.50. The third-order valence-electron chi connectivity index (χ3n) is 3.46. The Morgan fingerprint density at radius 3 is 2.81 bits per heavy atom. The van der Waals surface area contributed by atoms with Gasteiger partial charge in [0.05, 0.1) is 29.6 Å². The number of fused-ring (bicyclic) bond motifs is 1. The van der Waals surface area contributed by atoms with Crippen LogP contribution in [0.2, 0.25) is 0 Å². The molecule has 0 bridgehead atoms. The Bertz CT molecular complexity index is 717. The highest BCUT2D eigenvalue weighted by atomic mass is 15.3. The summed E-state index contributed by atoms with van der Waals surface area (Å²) in [4.78, 5) is 4.70. The van der Waals surface area contributed by atoms with Crippen LogP contribution in [0.25, 0.3) is 10.9 Å². The molecule has 0 saturated heterocycles. The fraction of sp³-hybridized carbons (Fsp3) is 0.294. The average Bonchev–Trinajstić information content (AvgIpc) is 2.91. The molecule has 4 heteroatoms. The molecule has 2 aromatic heterocycles. The van der Waals surface area contributed by atoms with Crippen LogP contribution in [0, 0.1) is 0 Å². The van der Waals surface area contributed by atoms with E-state index in [0.29, 0.717) is 6.54 Å². The van der Waals surface area contributed by atoms with Crippen molar-refractivity contribution in [1.29, 1.82) is 0 Å². The lowest BCUT2D eigenvalue weighted by Crippen LogP contribution is -2.15. The summed E-state index contributed by atoms with van der Waals surface area (Å²) in [6.07, 6.45) is 3.04. The predicted molar refractivity (Wildman–Crippen MR) is 85.1 cm³/mol. The molecule has 2 heterocycles. The van der Waals surface area contributed by atoms with Crippen molar-refractivity contribution in [3.8, 4) is 0 Å². The monoisotopic (exact) mass is 280 g/mol. The molecule has 1 aromatic carbocycles. The summed E-state index contributed by atoms with van der Waals surface area (Å²) in [7, 11) is 0. The fourth-order valence-electron chi connectivity index (χ4n) is 2.41. The Labute approximate surface area is 124 Å². The Balaban J connectivity index is 1.76. The summed E-state index contributed by atoms with van der Waals surface area (Å²) in [6.45, 7) is 4.71. The molecule has 4 nitrogen and oxygen atoms in total. The van der Waals surface area contributed by atoms with E-state index < -0.39 is 0 Å². The molecule has 108 valence electrons. The number of nitrogens with zero attached hydrogens (tertiary/aromatic N) is 3. The van der Waals surface area contributed by atoms with Crippen LogP contribution in [-0.4, -0.2) is 21.3 Å². The molecule has 1 N–H and O–H groups in total. The molecule has 0 spiro atoms. The molecule has 0 unspecified atom stereocenters. The number of benzene rings is 1. The van der Waals surface area contributed by atoms with Gasteiger partial charge in [-0.05, 0) is 31.2 Å². The third-order valence-corrected chi connectivity index (χ3v) is 3.46. The van der Waals surface area contributed by atoms with Crippen molar-refractivity contribution < 1.29 is 0 Å². The maximum Gasteiger partial charge on any atom is 0.0838 e. The van der Waals surface area contributed by atoms with E-state index in [1.165, 1.54) is 5.39 Å². The minimum absolute atomic E-state index is 0.704. The summed E-state index contributed by atoms with van der Waals surface area (Å²) in [6, 6.07) is 14.4. The van der Waals surface area contributed by atoms with Crippen LogP contribution in [-0.2, 0) is 13.1 Å². The van der Waals surface area contributed by atoms with Gasteiger partial charge in [-0.25, -0.2) is 0 Å². The van der Waals surface area contributed by atoms with Gasteiger partial charge in [-0.2, -0.15) is 5.10 Å². The minimum atomic E-state index is 0.704. The van der Waals surface area contributed by atoms with Crippen molar-refractivity contribution in [2.24, 2.45) is 0 Å². The largest absolute Gasteiger partial charge is 0.311 e. The van der Waals surface area contributed by atoms with Crippen molar-refractivity contribution in [2.45, 2.75) is 26.4 Å². The van der Waals surface area contributed by atoms with E-state index in [0.717, 1.165) is 36.4 Å². The normalized spacial score (nSPS) is 11.1. The first-order chi connectivity index (χ1) is 10.4. The van der Waals surface area contributed by atoms with Crippen LogP contribution in [0.4, 0.5) is 0 Å². The SMILES string of the molecule is CCCNCc1cccc(Cn2ncc3ccccc32)n1. The van der Waals surface area contributed by atoms with Crippen molar-refractivity contribution in [1.82, 2.24) is 20.1 Å². The highest BCUT2D eigenvalue weighted by Gasteiger charge is 2.04. The summed E-state index contributed by atoms with van der Waals surface area (Å²) >= 11 is 0. The van der Waals surface area contributed by atoms with E-state index in [9.17, 15) is 0 Å². The van der Waals surface area contributed by atoms with Gasteiger partial charge in [0.2, 0.25) is 0 Å². The second-order valence-corrected chi connectivity index (χ2v) is 5.16. The quantitative estimate of drug-likeness (QED) is 0.706. The minimum Gasteiger partial charge on any atom is -0.311 e. The number of para-hydroxylation sites is 1. The molecular formula is C17H20N4. The number of aromatic nitrogens is 3. The lowest BCUT2D eigenvalue weighted by molar-refractivity contribution is 0.652. The van der Waals surface area contributed by atoms with Gasteiger partial charge >= 0.3 is 0 Å². The molecule has 21 heavy (non-hydrogen) atoms. The molecule has 0 aliphatic rings. The van der Waals surface area contributed by atoms with Crippen LogP contribution >= 0.6 is 0 Å². The summed E-state index contributed by atoms with van der Waals surface area (Å²) in [5, 5.41) is 9.00. The lowest BCUT2D eigenvalue weighted by atomic mass is 10.2. The molecule has 0 fully saturated rings. The zero-order chi connectivity index (χ0) is 14.5. The van der Waals surface area contributed by atoms with Gasteiger partial charge in [0.25, 0.3) is 0 Å². The van der Waals surface area contributed by atoms with E-state index in [1.54, 1.807) is 0 Å². The van der Waals surface area contributed by atoms with Gasteiger partial charge < -0.3 is 5.32 Å². The van der Waals surface area contributed by atoms with Gasteiger partial charge in [-0.15, -0.1) is 0 Å². The van der Waals surface area contributed by atoms with Gasteiger partial charge in [0, 0.05) is 11.9 Å². The number of hydrogen-bond acceptors (Lipinski definition) is 3. The van der Waals surface area contributed by atoms with E-state index in [4.69, 9.17) is 4.98 Å². The molecule has 0 atom stereocenters.